The van der Waals surface area contributed by atoms with Crippen molar-refractivity contribution in [3.63, 3.8) is 0 Å². The van der Waals surface area contributed by atoms with Crippen LogP contribution < -0.4 is 5.32 Å². The highest BCUT2D eigenvalue weighted by molar-refractivity contribution is 9.10. The van der Waals surface area contributed by atoms with Crippen molar-refractivity contribution in [2.75, 3.05) is 11.9 Å². The van der Waals surface area contributed by atoms with Gasteiger partial charge in [0.25, 0.3) is 5.69 Å². The van der Waals surface area contributed by atoms with Crippen LogP contribution in [0.3, 0.4) is 0 Å². The van der Waals surface area contributed by atoms with Crippen molar-refractivity contribution in [1.82, 2.24) is 0 Å². The van der Waals surface area contributed by atoms with E-state index >= 15 is 0 Å². The lowest BCUT2D eigenvalue weighted by molar-refractivity contribution is -0.385. The van der Waals surface area contributed by atoms with Gasteiger partial charge in [0, 0.05) is 22.6 Å². The van der Waals surface area contributed by atoms with Crippen LogP contribution in [0, 0.1) is 10.1 Å². The molecule has 2 rings (SSSR count). The topological polar surface area (TPSA) is 55.2 Å². The fourth-order valence-electron chi connectivity index (χ4n) is 1.87. The van der Waals surface area contributed by atoms with Crippen LogP contribution in [0.25, 0.3) is 0 Å². The molecule has 0 atom stereocenters. The molecule has 0 radical (unpaired) electrons. The molecule has 0 saturated heterocycles. The second kappa shape index (κ2) is 6.72. The Morgan fingerprint density at radius 3 is 2.70 bits per heavy atom. The molecule has 2 aromatic carbocycles. The van der Waals surface area contributed by atoms with E-state index in [0.29, 0.717) is 23.6 Å². The molecular formula is C14H12BrClN2O2. The third kappa shape index (κ3) is 3.71. The summed E-state index contributed by atoms with van der Waals surface area (Å²) in [6.07, 6.45) is 0.559. The molecule has 2 aromatic rings. The van der Waals surface area contributed by atoms with E-state index in [1.165, 1.54) is 6.07 Å². The summed E-state index contributed by atoms with van der Waals surface area (Å²) in [5.41, 5.74) is 1.67. The minimum Gasteiger partial charge on any atom is -0.384 e. The Morgan fingerprint density at radius 1 is 1.25 bits per heavy atom. The Labute approximate surface area is 130 Å². The highest BCUT2D eigenvalue weighted by Gasteiger charge is 2.11. The van der Waals surface area contributed by atoms with Crippen LogP contribution in [0.5, 0.6) is 0 Å². The molecule has 1 N–H and O–H groups in total. The molecule has 104 valence electrons. The number of benzene rings is 2. The van der Waals surface area contributed by atoms with Crippen LogP contribution in [-0.2, 0) is 6.42 Å². The van der Waals surface area contributed by atoms with E-state index in [1.807, 2.05) is 12.1 Å². The minimum atomic E-state index is -0.359. The zero-order valence-corrected chi connectivity index (χ0v) is 12.8. The van der Waals surface area contributed by atoms with E-state index in [1.54, 1.807) is 24.3 Å². The maximum absolute atomic E-state index is 10.9. The van der Waals surface area contributed by atoms with Crippen LogP contribution >= 0.6 is 27.5 Å². The highest BCUT2D eigenvalue weighted by atomic mass is 79.9. The van der Waals surface area contributed by atoms with Crippen LogP contribution in [-0.4, -0.2) is 11.5 Å². The van der Waals surface area contributed by atoms with Gasteiger partial charge >= 0.3 is 0 Å². The van der Waals surface area contributed by atoms with Crippen molar-refractivity contribution in [3.05, 3.63) is 67.6 Å². The van der Waals surface area contributed by atoms with Crippen LogP contribution in [0.2, 0.25) is 5.02 Å². The molecule has 0 fully saturated rings. The average molecular weight is 356 g/mol. The number of nitrogens with zero attached hydrogens (tertiary/aromatic N) is 1. The van der Waals surface area contributed by atoms with Crippen molar-refractivity contribution in [2.24, 2.45) is 0 Å². The highest BCUT2D eigenvalue weighted by Crippen LogP contribution is 2.26. The SMILES string of the molecule is O=[N+]([O-])c1ccccc1CCNc1ccc(Br)cc1Cl. The fourth-order valence-corrected chi connectivity index (χ4v) is 2.61. The summed E-state index contributed by atoms with van der Waals surface area (Å²) in [5.74, 6) is 0. The predicted molar refractivity (Wildman–Crippen MR) is 84.4 cm³/mol. The fraction of sp³-hybridized carbons (Fsp3) is 0.143. The third-order valence-electron chi connectivity index (χ3n) is 2.83. The van der Waals surface area contributed by atoms with Crippen molar-refractivity contribution in [1.29, 1.82) is 0 Å². The van der Waals surface area contributed by atoms with E-state index in [-0.39, 0.29) is 10.6 Å². The van der Waals surface area contributed by atoms with E-state index in [2.05, 4.69) is 21.2 Å². The molecule has 0 bridgehead atoms. The van der Waals surface area contributed by atoms with Gasteiger partial charge in [0.1, 0.15) is 0 Å². The number of hydrogen-bond donors (Lipinski definition) is 1. The predicted octanol–water partition coefficient (Wildman–Crippen LogP) is 4.67. The van der Waals surface area contributed by atoms with Gasteiger partial charge in [0.05, 0.1) is 15.6 Å². The van der Waals surface area contributed by atoms with Gasteiger partial charge in [-0.05, 0) is 24.6 Å². The maximum Gasteiger partial charge on any atom is 0.272 e. The first-order valence-electron chi connectivity index (χ1n) is 5.99. The van der Waals surface area contributed by atoms with Crippen LogP contribution in [0.1, 0.15) is 5.56 Å². The molecule has 6 heteroatoms. The summed E-state index contributed by atoms with van der Waals surface area (Å²) in [6.45, 7) is 0.576. The molecule has 0 heterocycles. The summed E-state index contributed by atoms with van der Waals surface area (Å²) >= 11 is 9.43. The Balaban J connectivity index is 2.01. The summed E-state index contributed by atoms with van der Waals surface area (Å²) in [4.78, 5) is 10.5. The number of anilines is 1. The van der Waals surface area contributed by atoms with Gasteiger partial charge in [-0.15, -0.1) is 0 Å². The molecule has 20 heavy (non-hydrogen) atoms. The Bertz CT molecular complexity index is 634. The van der Waals surface area contributed by atoms with Crippen molar-refractivity contribution >= 4 is 38.9 Å². The minimum absolute atomic E-state index is 0.149. The van der Waals surface area contributed by atoms with Crippen LogP contribution in [0.4, 0.5) is 11.4 Å². The van der Waals surface area contributed by atoms with Gasteiger partial charge in [0.15, 0.2) is 0 Å². The molecule has 0 aliphatic rings. The second-order valence-electron chi connectivity index (χ2n) is 4.19. The summed E-state index contributed by atoms with van der Waals surface area (Å²) in [5, 5.41) is 14.7. The number of halogens is 2. The maximum atomic E-state index is 10.9. The largest absolute Gasteiger partial charge is 0.384 e. The first-order valence-corrected chi connectivity index (χ1v) is 7.16. The van der Waals surface area contributed by atoms with Crippen molar-refractivity contribution < 1.29 is 4.92 Å². The first-order chi connectivity index (χ1) is 9.58. The molecule has 0 unspecified atom stereocenters. The van der Waals surface area contributed by atoms with Gasteiger partial charge in [0.2, 0.25) is 0 Å². The van der Waals surface area contributed by atoms with Crippen molar-refractivity contribution in [3.8, 4) is 0 Å². The molecule has 0 saturated carbocycles. The summed E-state index contributed by atoms with van der Waals surface area (Å²) < 4.78 is 0.909. The third-order valence-corrected chi connectivity index (χ3v) is 3.64. The Hall–Kier alpha value is -1.59. The molecule has 0 aliphatic carbocycles. The summed E-state index contributed by atoms with van der Waals surface area (Å²) in [7, 11) is 0. The van der Waals surface area contributed by atoms with Crippen molar-refractivity contribution in [2.45, 2.75) is 6.42 Å². The van der Waals surface area contributed by atoms with Gasteiger partial charge in [-0.3, -0.25) is 10.1 Å². The molecule has 0 amide bonds. The number of nitro groups is 1. The Morgan fingerprint density at radius 2 is 2.00 bits per heavy atom. The lowest BCUT2D eigenvalue weighted by atomic mass is 10.1. The van der Waals surface area contributed by atoms with E-state index in [0.717, 1.165) is 10.2 Å². The van der Waals surface area contributed by atoms with E-state index in [4.69, 9.17) is 11.6 Å². The zero-order chi connectivity index (χ0) is 14.5. The molecule has 4 nitrogen and oxygen atoms in total. The van der Waals surface area contributed by atoms with Gasteiger partial charge in [-0.25, -0.2) is 0 Å². The normalized spacial score (nSPS) is 10.3. The number of rotatable bonds is 5. The molecule has 0 aromatic heterocycles. The lowest BCUT2D eigenvalue weighted by Gasteiger charge is -2.09. The van der Waals surface area contributed by atoms with E-state index < -0.39 is 0 Å². The second-order valence-corrected chi connectivity index (χ2v) is 5.51. The standard InChI is InChI=1S/C14H12BrClN2O2/c15-11-5-6-13(12(16)9-11)17-8-7-10-3-1-2-4-14(10)18(19)20/h1-6,9,17H,7-8H2. The van der Waals surface area contributed by atoms with Crippen LogP contribution in [0.15, 0.2) is 46.9 Å². The quantitative estimate of drug-likeness (QED) is 0.626. The smallest absolute Gasteiger partial charge is 0.272 e. The first kappa shape index (κ1) is 14.8. The lowest BCUT2D eigenvalue weighted by Crippen LogP contribution is -2.06. The average Bonchev–Trinajstić information content (AvgIpc) is 2.41. The number of hydrogen-bond acceptors (Lipinski definition) is 3. The molecule has 0 aliphatic heterocycles. The monoisotopic (exact) mass is 354 g/mol. The number of nitrogens with one attached hydrogen (secondary N) is 1. The zero-order valence-electron chi connectivity index (χ0n) is 10.5. The van der Waals surface area contributed by atoms with Gasteiger partial charge < -0.3 is 5.32 Å². The molecular weight excluding hydrogens is 344 g/mol. The number of para-hydroxylation sites is 1. The Kier molecular flexibility index (Phi) is 4.98. The van der Waals surface area contributed by atoms with Gasteiger partial charge in [-0.1, -0.05) is 45.7 Å². The van der Waals surface area contributed by atoms with E-state index in [9.17, 15) is 10.1 Å². The number of nitro benzene ring substituents is 1. The summed E-state index contributed by atoms with van der Waals surface area (Å²) in [6, 6.07) is 12.3. The molecule has 0 spiro atoms. The van der Waals surface area contributed by atoms with Gasteiger partial charge in [-0.2, -0.15) is 0 Å².